The highest BCUT2D eigenvalue weighted by Gasteiger charge is 2.37. The van der Waals surface area contributed by atoms with Gasteiger partial charge in [-0.05, 0) is 18.2 Å². The summed E-state index contributed by atoms with van der Waals surface area (Å²) in [6, 6.07) is -0.385. The highest BCUT2D eigenvalue weighted by atomic mass is 19.4. The number of nitrogens with zero attached hydrogens (tertiary/aromatic N) is 1. The molecule has 0 heterocycles. The highest BCUT2D eigenvalue weighted by Crippen LogP contribution is 2.37. The van der Waals surface area contributed by atoms with Crippen molar-refractivity contribution >= 4 is 17.7 Å². The predicted octanol–water partition coefficient (Wildman–Crippen LogP) is 3.66. The van der Waals surface area contributed by atoms with Gasteiger partial charge in [-0.1, -0.05) is 0 Å². The standard InChI is InChI=1S/C13H12F6N2O3/c1-21(3-2-10(22)23)11(24)20-9-5-7(12(14,15)16)4-8(6-9)13(17,18)19/h4-6H,2-3H2,1H3,(H,20,24)(H,22,23). The summed E-state index contributed by atoms with van der Waals surface area (Å²) in [5, 5.41) is 10.4. The van der Waals surface area contributed by atoms with Crippen LogP contribution in [0.3, 0.4) is 0 Å². The molecule has 0 unspecified atom stereocenters. The van der Waals surface area contributed by atoms with Crippen LogP contribution in [0.2, 0.25) is 0 Å². The van der Waals surface area contributed by atoms with E-state index in [0.29, 0.717) is 12.1 Å². The summed E-state index contributed by atoms with van der Waals surface area (Å²) in [5.74, 6) is -1.21. The Balaban J connectivity index is 3.06. The van der Waals surface area contributed by atoms with Crippen molar-refractivity contribution in [2.75, 3.05) is 18.9 Å². The van der Waals surface area contributed by atoms with Crippen LogP contribution in [0.4, 0.5) is 36.8 Å². The number of amides is 2. The molecule has 134 valence electrons. The van der Waals surface area contributed by atoms with Crippen LogP contribution >= 0.6 is 0 Å². The first-order valence-corrected chi connectivity index (χ1v) is 6.34. The van der Waals surface area contributed by atoms with E-state index in [1.54, 1.807) is 0 Å². The van der Waals surface area contributed by atoms with E-state index in [2.05, 4.69) is 0 Å². The largest absolute Gasteiger partial charge is 0.481 e. The lowest BCUT2D eigenvalue weighted by atomic mass is 10.1. The molecule has 0 atom stereocenters. The van der Waals surface area contributed by atoms with Gasteiger partial charge in [0.15, 0.2) is 0 Å². The summed E-state index contributed by atoms with van der Waals surface area (Å²) >= 11 is 0. The third kappa shape index (κ3) is 5.63. The molecule has 0 aliphatic carbocycles. The van der Waals surface area contributed by atoms with Crippen LogP contribution in [0.15, 0.2) is 18.2 Å². The average molecular weight is 358 g/mol. The zero-order valence-corrected chi connectivity index (χ0v) is 12.1. The zero-order chi connectivity index (χ0) is 18.7. The minimum absolute atomic E-state index is 0.0657. The molecule has 0 saturated carbocycles. The number of benzene rings is 1. The Morgan fingerprint density at radius 3 is 1.88 bits per heavy atom. The van der Waals surface area contributed by atoms with Crippen molar-refractivity contribution < 1.29 is 41.0 Å². The fourth-order valence-electron chi connectivity index (χ4n) is 1.61. The first-order valence-electron chi connectivity index (χ1n) is 6.34. The molecule has 5 nitrogen and oxygen atoms in total. The minimum atomic E-state index is -5.03. The molecule has 0 aliphatic rings. The first kappa shape index (κ1) is 19.6. The maximum Gasteiger partial charge on any atom is 0.416 e. The molecule has 0 spiro atoms. The van der Waals surface area contributed by atoms with Gasteiger partial charge in [0.05, 0.1) is 17.5 Å². The summed E-state index contributed by atoms with van der Waals surface area (Å²) < 4.78 is 76.1. The van der Waals surface area contributed by atoms with Gasteiger partial charge in [-0.25, -0.2) is 4.79 Å². The van der Waals surface area contributed by atoms with Crippen LogP contribution in [-0.2, 0) is 17.1 Å². The second-order valence-corrected chi connectivity index (χ2v) is 4.79. The Hall–Kier alpha value is -2.46. The Labute approximate surface area is 131 Å². The molecule has 0 saturated heterocycles. The average Bonchev–Trinajstić information content (AvgIpc) is 2.42. The van der Waals surface area contributed by atoms with E-state index >= 15 is 0 Å². The molecular weight excluding hydrogens is 346 g/mol. The Kier molecular flexibility index (Phi) is 5.69. The number of urea groups is 1. The lowest BCUT2D eigenvalue weighted by molar-refractivity contribution is -0.143. The van der Waals surface area contributed by atoms with Crippen LogP contribution < -0.4 is 5.32 Å². The van der Waals surface area contributed by atoms with Gasteiger partial charge in [-0.3, -0.25) is 4.79 Å². The summed E-state index contributed by atoms with van der Waals surface area (Å²) in [6.45, 7) is -0.272. The van der Waals surface area contributed by atoms with Gasteiger partial charge in [0, 0.05) is 19.3 Å². The number of rotatable bonds is 4. The van der Waals surface area contributed by atoms with Crippen molar-refractivity contribution in [1.82, 2.24) is 4.90 Å². The van der Waals surface area contributed by atoms with Crippen LogP contribution in [0.25, 0.3) is 0 Å². The number of carbonyl (C=O) groups is 2. The number of anilines is 1. The van der Waals surface area contributed by atoms with Gasteiger partial charge >= 0.3 is 24.4 Å². The SMILES string of the molecule is CN(CCC(=O)O)C(=O)Nc1cc(C(F)(F)F)cc(C(F)(F)F)c1. The molecule has 2 amide bonds. The number of hydrogen-bond acceptors (Lipinski definition) is 2. The molecule has 2 N–H and O–H groups in total. The molecular formula is C13H12F6N2O3. The molecule has 0 aromatic heterocycles. The van der Waals surface area contributed by atoms with Gasteiger partial charge in [-0.15, -0.1) is 0 Å². The minimum Gasteiger partial charge on any atom is -0.481 e. The molecule has 24 heavy (non-hydrogen) atoms. The van der Waals surface area contributed by atoms with Gasteiger partial charge in [-0.2, -0.15) is 26.3 Å². The highest BCUT2D eigenvalue weighted by molar-refractivity contribution is 5.89. The van der Waals surface area contributed by atoms with E-state index in [4.69, 9.17) is 5.11 Å². The third-order valence-corrected chi connectivity index (χ3v) is 2.85. The lowest BCUT2D eigenvalue weighted by Gasteiger charge is -2.19. The summed E-state index contributed by atoms with van der Waals surface area (Å²) in [6.07, 6.45) is -10.5. The van der Waals surface area contributed by atoms with Crippen molar-refractivity contribution in [2.45, 2.75) is 18.8 Å². The van der Waals surface area contributed by atoms with E-state index < -0.39 is 47.6 Å². The van der Waals surface area contributed by atoms with Gasteiger partial charge in [0.2, 0.25) is 0 Å². The van der Waals surface area contributed by atoms with E-state index in [0.717, 1.165) is 11.9 Å². The second kappa shape index (κ2) is 6.97. The molecule has 0 bridgehead atoms. The Morgan fingerprint density at radius 1 is 1.04 bits per heavy atom. The molecule has 1 aromatic carbocycles. The number of aliphatic carboxylic acids is 1. The van der Waals surface area contributed by atoms with E-state index in [1.165, 1.54) is 0 Å². The quantitative estimate of drug-likeness (QED) is 0.807. The van der Waals surface area contributed by atoms with Gasteiger partial charge in [0.1, 0.15) is 0 Å². The smallest absolute Gasteiger partial charge is 0.416 e. The zero-order valence-electron chi connectivity index (χ0n) is 12.1. The Morgan fingerprint density at radius 2 is 1.50 bits per heavy atom. The van der Waals surface area contributed by atoms with Crippen LogP contribution in [0, 0.1) is 0 Å². The number of alkyl halides is 6. The number of halogens is 6. The summed E-state index contributed by atoms with van der Waals surface area (Å²) in [5.41, 5.74) is -3.84. The predicted molar refractivity (Wildman–Crippen MR) is 70.3 cm³/mol. The number of nitrogens with one attached hydrogen (secondary N) is 1. The van der Waals surface area contributed by atoms with Crippen molar-refractivity contribution in [3.8, 4) is 0 Å². The van der Waals surface area contributed by atoms with Gasteiger partial charge < -0.3 is 15.3 Å². The van der Waals surface area contributed by atoms with E-state index in [1.807, 2.05) is 5.32 Å². The molecule has 1 aromatic rings. The van der Waals surface area contributed by atoms with Crippen molar-refractivity contribution in [3.63, 3.8) is 0 Å². The number of hydrogen-bond donors (Lipinski definition) is 2. The van der Waals surface area contributed by atoms with Gasteiger partial charge in [0.25, 0.3) is 0 Å². The molecule has 11 heteroatoms. The summed E-state index contributed by atoms with van der Waals surface area (Å²) in [4.78, 5) is 22.9. The topological polar surface area (TPSA) is 69.6 Å². The van der Waals surface area contributed by atoms with Crippen molar-refractivity contribution in [2.24, 2.45) is 0 Å². The number of carboxylic acids is 1. The van der Waals surface area contributed by atoms with Crippen molar-refractivity contribution in [1.29, 1.82) is 0 Å². The van der Waals surface area contributed by atoms with Crippen LogP contribution in [0.1, 0.15) is 17.5 Å². The fourth-order valence-corrected chi connectivity index (χ4v) is 1.61. The van der Waals surface area contributed by atoms with Crippen molar-refractivity contribution in [3.05, 3.63) is 29.3 Å². The van der Waals surface area contributed by atoms with E-state index in [9.17, 15) is 35.9 Å². The number of carboxylic acid groups (broad SMARTS) is 1. The van der Waals surface area contributed by atoms with Crippen LogP contribution in [0.5, 0.6) is 0 Å². The molecule has 0 fully saturated rings. The Bertz CT molecular complexity index is 595. The monoisotopic (exact) mass is 358 g/mol. The second-order valence-electron chi connectivity index (χ2n) is 4.79. The fraction of sp³-hybridized carbons (Fsp3) is 0.385. The number of carbonyl (C=O) groups excluding carboxylic acids is 1. The normalized spacial score (nSPS) is 12.0. The molecule has 0 aliphatic heterocycles. The maximum atomic E-state index is 12.7. The molecule has 0 radical (unpaired) electrons. The van der Waals surface area contributed by atoms with Crippen LogP contribution in [-0.4, -0.2) is 35.6 Å². The maximum absolute atomic E-state index is 12.7. The third-order valence-electron chi connectivity index (χ3n) is 2.85. The summed E-state index contributed by atoms with van der Waals surface area (Å²) in [7, 11) is 1.15. The molecule has 1 rings (SSSR count). The van der Waals surface area contributed by atoms with E-state index in [-0.39, 0.29) is 12.6 Å². The lowest BCUT2D eigenvalue weighted by Crippen LogP contribution is -2.33. The first-order chi connectivity index (χ1) is 10.8.